The molecule has 0 amide bonds. The van der Waals surface area contributed by atoms with Crippen molar-refractivity contribution in [3.05, 3.63) is 29.8 Å². The average molecular weight is 277 g/mol. The molecule has 1 aliphatic rings. The molecule has 0 radical (unpaired) electrons. The summed E-state index contributed by atoms with van der Waals surface area (Å²) in [5.41, 5.74) is 1.28. The van der Waals surface area contributed by atoms with Gasteiger partial charge in [-0.25, -0.2) is 0 Å². The fraction of sp³-hybridized carbons (Fsp3) is 0.647. The van der Waals surface area contributed by atoms with Crippen molar-refractivity contribution < 1.29 is 9.84 Å². The quantitative estimate of drug-likeness (QED) is 0.838. The van der Waals surface area contributed by atoms with Crippen LogP contribution in [0.25, 0.3) is 0 Å². The molecule has 1 aromatic carbocycles. The molecule has 0 saturated heterocycles. The Morgan fingerprint density at radius 3 is 2.45 bits per heavy atom. The van der Waals surface area contributed by atoms with Crippen molar-refractivity contribution >= 4 is 0 Å². The van der Waals surface area contributed by atoms with Crippen molar-refractivity contribution in [2.24, 2.45) is 5.92 Å². The number of rotatable bonds is 6. The summed E-state index contributed by atoms with van der Waals surface area (Å²) in [5.74, 6) is 1.55. The molecule has 2 rings (SSSR count). The molecular weight excluding hydrogens is 250 g/mol. The highest BCUT2D eigenvalue weighted by Gasteiger charge is 2.22. The van der Waals surface area contributed by atoms with E-state index in [-0.39, 0.29) is 12.2 Å². The molecule has 3 unspecified atom stereocenters. The summed E-state index contributed by atoms with van der Waals surface area (Å²) >= 11 is 0. The normalized spacial score (nSPS) is 24.1. The lowest BCUT2D eigenvalue weighted by Gasteiger charge is -2.18. The second-order valence-corrected chi connectivity index (χ2v) is 6.20. The SMILES string of the molecule is CC(C)Oc1ccc(C(C)NCC2CCC(O)C2)cc1. The molecule has 3 nitrogen and oxygen atoms in total. The van der Waals surface area contributed by atoms with Crippen LogP contribution >= 0.6 is 0 Å². The molecule has 2 N–H and O–H groups in total. The van der Waals surface area contributed by atoms with Crippen molar-refractivity contribution in [2.45, 2.75) is 58.3 Å². The Kier molecular flexibility index (Phi) is 5.44. The van der Waals surface area contributed by atoms with Crippen molar-refractivity contribution in [3.63, 3.8) is 0 Å². The van der Waals surface area contributed by atoms with Gasteiger partial charge in [-0.2, -0.15) is 0 Å². The van der Waals surface area contributed by atoms with Crippen molar-refractivity contribution in [1.82, 2.24) is 5.32 Å². The van der Waals surface area contributed by atoms with E-state index >= 15 is 0 Å². The molecule has 1 aromatic rings. The van der Waals surface area contributed by atoms with Gasteiger partial charge in [-0.05, 0) is 70.2 Å². The van der Waals surface area contributed by atoms with Gasteiger partial charge in [0.05, 0.1) is 12.2 Å². The van der Waals surface area contributed by atoms with Crippen molar-refractivity contribution in [3.8, 4) is 5.75 Å². The molecule has 0 spiro atoms. The molecule has 1 fully saturated rings. The zero-order valence-corrected chi connectivity index (χ0v) is 12.8. The van der Waals surface area contributed by atoms with Crippen LogP contribution in [0.4, 0.5) is 0 Å². The molecule has 112 valence electrons. The molecule has 3 atom stereocenters. The minimum absolute atomic E-state index is 0.0791. The predicted octanol–water partition coefficient (Wildman–Crippen LogP) is 3.29. The first-order chi connectivity index (χ1) is 9.54. The van der Waals surface area contributed by atoms with Crippen molar-refractivity contribution in [2.75, 3.05) is 6.54 Å². The van der Waals surface area contributed by atoms with Crippen LogP contribution in [-0.4, -0.2) is 23.9 Å². The van der Waals surface area contributed by atoms with Crippen LogP contribution in [0.15, 0.2) is 24.3 Å². The van der Waals surface area contributed by atoms with E-state index in [1.807, 2.05) is 26.0 Å². The molecule has 0 aromatic heterocycles. The first kappa shape index (κ1) is 15.3. The summed E-state index contributed by atoms with van der Waals surface area (Å²) in [6.07, 6.45) is 3.18. The Balaban J connectivity index is 1.81. The Bertz CT molecular complexity index is 402. The maximum absolute atomic E-state index is 9.54. The fourth-order valence-corrected chi connectivity index (χ4v) is 2.80. The van der Waals surface area contributed by atoms with Gasteiger partial charge in [-0.3, -0.25) is 0 Å². The van der Waals surface area contributed by atoms with E-state index in [0.717, 1.165) is 31.6 Å². The minimum atomic E-state index is -0.0791. The highest BCUT2D eigenvalue weighted by molar-refractivity contribution is 5.29. The fourth-order valence-electron chi connectivity index (χ4n) is 2.80. The lowest BCUT2D eigenvalue weighted by atomic mass is 10.1. The largest absolute Gasteiger partial charge is 0.491 e. The minimum Gasteiger partial charge on any atom is -0.491 e. The zero-order valence-electron chi connectivity index (χ0n) is 12.8. The third-order valence-corrected chi connectivity index (χ3v) is 3.98. The van der Waals surface area contributed by atoms with Gasteiger partial charge in [0.2, 0.25) is 0 Å². The van der Waals surface area contributed by atoms with Crippen LogP contribution in [0.2, 0.25) is 0 Å². The van der Waals surface area contributed by atoms with Crippen molar-refractivity contribution in [1.29, 1.82) is 0 Å². The van der Waals surface area contributed by atoms with Crippen LogP contribution in [0.1, 0.15) is 51.6 Å². The number of ether oxygens (including phenoxy) is 1. The topological polar surface area (TPSA) is 41.5 Å². The lowest BCUT2D eigenvalue weighted by molar-refractivity contribution is 0.177. The summed E-state index contributed by atoms with van der Waals surface area (Å²) in [6, 6.07) is 8.65. The number of hydrogen-bond acceptors (Lipinski definition) is 3. The Labute approximate surface area is 122 Å². The van der Waals surface area contributed by atoms with E-state index in [1.54, 1.807) is 0 Å². The smallest absolute Gasteiger partial charge is 0.119 e. The maximum Gasteiger partial charge on any atom is 0.119 e. The van der Waals surface area contributed by atoms with Gasteiger partial charge in [0.1, 0.15) is 5.75 Å². The molecule has 0 heterocycles. The maximum atomic E-state index is 9.54. The van der Waals surface area contributed by atoms with Gasteiger partial charge in [-0.15, -0.1) is 0 Å². The summed E-state index contributed by atoms with van der Waals surface area (Å²) < 4.78 is 5.65. The van der Waals surface area contributed by atoms with Crippen LogP contribution in [-0.2, 0) is 0 Å². The van der Waals surface area contributed by atoms with Gasteiger partial charge >= 0.3 is 0 Å². The van der Waals surface area contributed by atoms with Crippen LogP contribution < -0.4 is 10.1 Å². The molecule has 0 bridgehead atoms. The highest BCUT2D eigenvalue weighted by atomic mass is 16.5. The third-order valence-electron chi connectivity index (χ3n) is 3.98. The van der Waals surface area contributed by atoms with E-state index in [2.05, 4.69) is 24.4 Å². The molecule has 1 aliphatic carbocycles. The third kappa shape index (κ3) is 4.50. The lowest BCUT2D eigenvalue weighted by Crippen LogP contribution is -2.25. The van der Waals surface area contributed by atoms with Gasteiger partial charge in [0.15, 0.2) is 0 Å². The van der Waals surface area contributed by atoms with Gasteiger partial charge in [-0.1, -0.05) is 12.1 Å². The van der Waals surface area contributed by atoms with E-state index in [4.69, 9.17) is 4.74 Å². The first-order valence-corrected chi connectivity index (χ1v) is 7.72. The van der Waals surface area contributed by atoms with Gasteiger partial charge in [0.25, 0.3) is 0 Å². The Morgan fingerprint density at radius 2 is 1.90 bits per heavy atom. The van der Waals surface area contributed by atoms with E-state index in [1.165, 1.54) is 5.56 Å². The summed E-state index contributed by atoms with van der Waals surface area (Å²) in [7, 11) is 0. The van der Waals surface area contributed by atoms with E-state index in [9.17, 15) is 5.11 Å². The van der Waals surface area contributed by atoms with Crippen LogP contribution in [0.3, 0.4) is 0 Å². The number of hydrogen-bond donors (Lipinski definition) is 2. The molecule has 0 aliphatic heterocycles. The second-order valence-electron chi connectivity index (χ2n) is 6.20. The Hall–Kier alpha value is -1.06. The van der Waals surface area contributed by atoms with Crippen LogP contribution in [0, 0.1) is 5.92 Å². The number of aliphatic hydroxyl groups is 1. The summed E-state index contributed by atoms with van der Waals surface area (Å²) in [5, 5.41) is 13.1. The Morgan fingerprint density at radius 1 is 1.20 bits per heavy atom. The summed E-state index contributed by atoms with van der Waals surface area (Å²) in [6.45, 7) is 7.24. The van der Waals surface area contributed by atoms with E-state index < -0.39 is 0 Å². The second kappa shape index (κ2) is 7.09. The zero-order chi connectivity index (χ0) is 14.5. The van der Waals surface area contributed by atoms with E-state index in [0.29, 0.717) is 12.0 Å². The predicted molar refractivity (Wildman–Crippen MR) is 82.0 cm³/mol. The number of benzene rings is 1. The average Bonchev–Trinajstić information content (AvgIpc) is 2.82. The standard InChI is InChI=1S/C17H27NO2/c1-12(2)20-17-8-5-15(6-9-17)13(3)18-11-14-4-7-16(19)10-14/h5-6,8-9,12-14,16,18-19H,4,7,10-11H2,1-3H3. The molecule has 20 heavy (non-hydrogen) atoms. The van der Waals surface area contributed by atoms with Crippen LogP contribution in [0.5, 0.6) is 5.75 Å². The molecule has 3 heteroatoms. The van der Waals surface area contributed by atoms with Gasteiger partial charge < -0.3 is 15.2 Å². The monoisotopic (exact) mass is 277 g/mol. The van der Waals surface area contributed by atoms with Gasteiger partial charge in [0, 0.05) is 6.04 Å². The number of aliphatic hydroxyl groups excluding tert-OH is 1. The molecular formula is C17H27NO2. The first-order valence-electron chi connectivity index (χ1n) is 7.72. The number of nitrogens with one attached hydrogen (secondary N) is 1. The molecule has 1 saturated carbocycles. The summed E-state index contributed by atoms with van der Waals surface area (Å²) in [4.78, 5) is 0. The highest BCUT2D eigenvalue weighted by Crippen LogP contribution is 2.25.